The van der Waals surface area contributed by atoms with Crippen LogP contribution in [0.4, 0.5) is 0 Å². The molecule has 0 radical (unpaired) electrons. The van der Waals surface area contributed by atoms with Gasteiger partial charge in [-0.2, -0.15) is 4.98 Å². The summed E-state index contributed by atoms with van der Waals surface area (Å²) in [5, 5.41) is 6.81. The molecule has 1 aliphatic rings. The van der Waals surface area contributed by atoms with Crippen LogP contribution in [0.3, 0.4) is 0 Å². The van der Waals surface area contributed by atoms with Gasteiger partial charge in [0.2, 0.25) is 11.8 Å². The molecule has 1 unspecified atom stereocenters. The zero-order valence-corrected chi connectivity index (χ0v) is 13.6. The maximum atomic E-state index is 11.7. The largest absolute Gasteiger partial charge is 0.359 e. The molecule has 6 nitrogen and oxygen atoms in total. The molecule has 0 spiro atoms. The monoisotopic (exact) mass is 294 g/mol. The van der Waals surface area contributed by atoms with Crippen molar-refractivity contribution in [3.63, 3.8) is 0 Å². The molecule has 1 aliphatic heterocycles. The normalized spacial score (nSPS) is 19.5. The van der Waals surface area contributed by atoms with Crippen LogP contribution in [0.1, 0.15) is 58.3 Å². The van der Waals surface area contributed by atoms with Gasteiger partial charge >= 0.3 is 0 Å². The van der Waals surface area contributed by atoms with E-state index in [9.17, 15) is 4.79 Å². The van der Waals surface area contributed by atoms with Crippen molar-refractivity contribution in [1.82, 2.24) is 20.4 Å². The lowest BCUT2D eigenvalue weighted by Crippen LogP contribution is -2.40. The van der Waals surface area contributed by atoms with Crippen molar-refractivity contribution >= 4 is 5.91 Å². The number of carbonyl (C=O) groups excluding carboxylic acids is 1. The molecule has 2 rings (SSSR count). The first kappa shape index (κ1) is 15.9. The molecule has 2 heterocycles. The number of carbonyl (C=O) groups is 1. The van der Waals surface area contributed by atoms with Crippen molar-refractivity contribution in [1.29, 1.82) is 0 Å². The van der Waals surface area contributed by atoms with Gasteiger partial charge in [0.1, 0.15) is 0 Å². The van der Waals surface area contributed by atoms with Crippen LogP contribution in [0, 0.1) is 5.92 Å². The Morgan fingerprint density at radius 3 is 2.48 bits per heavy atom. The van der Waals surface area contributed by atoms with Gasteiger partial charge in [0.15, 0.2) is 5.82 Å². The first-order valence-corrected chi connectivity index (χ1v) is 7.62. The van der Waals surface area contributed by atoms with Gasteiger partial charge in [-0.15, -0.1) is 0 Å². The van der Waals surface area contributed by atoms with Gasteiger partial charge in [-0.3, -0.25) is 9.69 Å². The van der Waals surface area contributed by atoms with Gasteiger partial charge in [0.05, 0.1) is 6.04 Å². The molecular formula is C15H26N4O2. The summed E-state index contributed by atoms with van der Waals surface area (Å²) < 4.78 is 5.42. The minimum atomic E-state index is -0.103. The van der Waals surface area contributed by atoms with Crippen LogP contribution >= 0.6 is 0 Å². The van der Waals surface area contributed by atoms with Crippen LogP contribution in [0.15, 0.2) is 4.52 Å². The Labute approximate surface area is 126 Å². The van der Waals surface area contributed by atoms with E-state index in [1.807, 2.05) is 0 Å². The molecule has 1 amide bonds. The van der Waals surface area contributed by atoms with E-state index in [1.165, 1.54) is 0 Å². The Morgan fingerprint density at radius 2 is 2.00 bits per heavy atom. The zero-order chi connectivity index (χ0) is 15.6. The van der Waals surface area contributed by atoms with Crippen LogP contribution in [0.25, 0.3) is 0 Å². The minimum Gasteiger partial charge on any atom is -0.359 e. The predicted molar refractivity (Wildman–Crippen MR) is 79.8 cm³/mol. The standard InChI is InChI=1S/C15H26N4O2/c1-10(13-17-14(18-21-13)15(2,3)4)19-8-6-11(7-9-19)12(20)16-5/h10-11H,6-9H2,1-5H3,(H,16,20). The number of likely N-dealkylation sites (tertiary alicyclic amines) is 1. The maximum Gasteiger partial charge on any atom is 0.243 e. The second-order valence-electron chi connectivity index (χ2n) is 6.81. The minimum absolute atomic E-state index is 0.0965. The highest BCUT2D eigenvalue weighted by Gasteiger charge is 2.30. The summed E-state index contributed by atoms with van der Waals surface area (Å²) in [5.41, 5.74) is -0.103. The molecule has 0 saturated carbocycles. The lowest BCUT2D eigenvalue weighted by molar-refractivity contribution is -0.126. The van der Waals surface area contributed by atoms with Crippen LogP contribution in [0.2, 0.25) is 0 Å². The smallest absolute Gasteiger partial charge is 0.243 e. The molecule has 1 N–H and O–H groups in total. The first-order chi connectivity index (χ1) is 9.82. The van der Waals surface area contributed by atoms with Gasteiger partial charge < -0.3 is 9.84 Å². The second-order valence-corrected chi connectivity index (χ2v) is 6.81. The summed E-state index contributed by atoms with van der Waals surface area (Å²) in [4.78, 5) is 18.5. The van der Waals surface area contributed by atoms with Gasteiger partial charge in [0.25, 0.3) is 0 Å². The van der Waals surface area contributed by atoms with Gasteiger partial charge in [-0.05, 0) is 32.9 Å². The molecule has 118 valence electrons. The van der Waals surface area contributed by atoms with Crippen molar-refractivity contribution in [2.75, 3.05) is 20.1 Å². The Bertz CT molecular complexity index is 484. The molecule has 1 aromatic rings. The molecule has 21 heavy (non-hydrogen) atoms. The molecule has 1 saturated heterocycles. The van der Waals surface area contributed by atoms with Gasteiger partial charge in [0, 0.05) is 18.4 Å². The summed E-state index contributed by atoms with van der Waals surface area (Å²) in [6.45, 7) is 10.1. The Kier molecular flexibility index (Phi) is 4.66. The van der Waals surface area contributed by atoms with Crippen molar-refractivity contribution < 1.29 is 9.32 Å². The third-order valence-electron chi connectivity index (χ3n) is 4.16. The van der Waals surface area contributed by atoms with E-state index in [0.717, 1.165) is 31.8 Å². The average Bonchev–Trinajstić information content (AvgIpc) is 2.95. The summed E-state index contributed by atoms with van der Waals surface area (Å²) in [7, 11) is 1.70. The van der Waals surface area contributed by atoms with Crippen molar-refractivity contribution in [2.45, 2.75) is 52.0 Å². The highest BCUT2D eigenvalue weighted by atomic mass is 16.5. The Balaban J connectivity index is 1.97. The molecule has 1 atom stereocenters. The third kappa shape index (κ3) is 3.61. The topological polar surface area (TPSA) is 71.3 Å². The van der Waals surface area contributed by atoms with E-state index in [1.54, 1.807) is 7.05 Å². The lowest BCUT2D eigenvalue weighted by atomic mass is 9.95. The predicted octanol–water partition coefficient (Wildman–Crippen LogP) is 1.89. The molecular weight excluding hydrogens is 268 g/mol. The quantitative estimate of drug-likeness (QED) is 0.921. The van der Waals surface area contributed by atoms with E-state index in [-0.39, 0.29) is 23.3 Å². The highest BCUT2D eigenvalue weighted by Crippen LogP contribution is 2.27. The van der Waals surface area contributed by atoms with Crippen LogP contribution in [-0.2, 0) is 10.2 Å². The fourth-order valence-corrected chi connectivity index (χ4v) is 2.62. The highest BCUT2D eigenvalue weighted by molar-refractivity contribution is 5.78. The Morgan fingerprint density at radius 1 is 1.38 bits per heavy atom. The fourth-order valence-electron chi connectivity index (χ4n) is 2.62. The molecule has 1 aromatic heterocycles. The number of hydrogen-bond donors (Lipinski definition) is 1. The molecule has 0 bridgehead atoms. The first-order valence-electron chi connectivity index (χ1n) is 7.62. The number of aromatic nitrogens is 2. The number of piperidine rings is 1. The fraction of sp³-hybridized carbons (Fsp3) is 0.800. The SMILES string of the molecule is CNC(=O)C1CCN(C(C)c2nc(C(C)(C)C)no2)CC1. The van der Waals surface area contributed by atoms with Crippen molar-refractivity contribution in [2.24, 2.45) is 5.92 Å². The summed E-state index contributed by atoms with van der Waals surface area (Å²) >= 11 is 0. The number of amides is 1. The van der Waals surface area contributed by atoms with E-state index in [2.05, 4.69) is 48.1 Å². The van der Waals surface area contributed by atoms with Crippen molar-refractivity contribution in [3.8, 4) is 0 Å². The van der Waals surface area contributed by atoms with Crippen LogP contribution < -0.4 is 5.32 Å². The van der Waals surface area contributed by atoms with E-state index >= 15 is 0 Å². The average molecular weight is 294 g/mol. The second kappa shape index (κ2) is 6.13. The maximum absolute atomic E-state index is 11.7. The lowest BCUT2D eigenvalue weighted by Gasteiger charge is -2.33. The Hall–Kier alpha value is -1.43. The van der Waals surface area contributed by atoms with E-state index in [4.69, 9.17) is 4.52 Å². The third-order valence-corrected chi connectivity index (χ3v) is 4.16. The summed E-state index contributed by atoms with van der Waals surface area (Å²) in [6, 6.07) is 0.0965. The number of rotatable bonds is 3. The van der Waals surface area contributed by atoms with Gasteiger partial charge in [-0.1, -0.05) is 25.9 Å². The van der Waals surface area contributed by atoms with Gasteiger partial charge in [-0.25, -0.2) is 0 Å². The van der Waals surface area contributed by atoms with Crippen LogP contribution in [0.5, 0.6) is 0 Å². The molecule has 0 aromatic carbocycles. The van der Waals surface area contributed by atoms with Crippen LogP contribution in [-0.4, -0.2) is 41.1 Å². The number of nitrogens with one attached hydrogen (secondary N) is 1. The van der Waals surface area contributed by atoms with E-state index < -0.39 is 0 Å². The molecule has 0 aliphatic carbocycles. The molecule has 1 fully saturated rings. The number of nitrogens with zero attached hydrogens (tertiary/aromatic N) is 3. The molecule has 6 heteroatoms. The summed E-state index contributed by atoms with van der Waals surface area (Å²) in [6.07, 6.45) is 1.76. The van der Waals surface area contributed by atoms with E-state index in [0.29, 0.717) is 5.89 Å². The summed E-state index contributed by atoms with van der Waals surface area (Å²) in [5.74, 6) is 1.68. The van der Waals surface area contributed by atoms with Crippen molar-refractivity contribution in [3.05, 3.63) is 11.7 Å². The number of hydrogen-bond acceptors (Lipinski definition) is 5. The zero-order valence-electron chi connectivity index (χ0n) is 13.6.